The Morgan fingerprint density at radius 3 is 1.65 bits per heavy atom. The van der Waals surface area contributed by atoms with Crippen LogP contribution < -0.4 is 0 Å². The molecule has 0 aliphatic rings. The highest BCUT2D eigenvalue weighted by atomic mass is 32.1. The maximum atomic E-state index is 5.30. The van der Waals surface area contributed by atoms with Crippen LogP contribution in [0.15, 0.2) is 188 Å². The van der Waals surface area contributed by atoms with Gasteiger partial charge in [-0.05, 0) is 78.8 Å². The number of aromatic nitrogens is 3. The van der Waals surface area contributed by atoms with Crippen molar-refractivity contribution < 1.29 is 0 Å². The second-order valence-corrected chi connectivity index (χ2v) is 15.0. The fraction of sp³-hybridized carbons (Fsp3) is 0. The molecule has 0 aliphatic carbocycles. The number of benzene rings is 9. The highest BCUT2D eigenvalue weighted by molar-refractivity contribution is 7.26. The maximum absolute atomic E-state index is 5.30. The summed E-state index contributed by atoms with van der Waals surface area (Å²) >= 11 is 1.79. The Morgan fingerprint density at radius 1 is 0.291 bits per heavy atom. The molecule has 0 atom stereocenters. The van der Waals surface area contributed by atoms with Gasteiger partial charge in [-0.15, -0.1) is 11.3 Å². The lowest BCUT2D eigenvalue weighted by atomic mass is 9.92. The van der Waals surface area contributed by atoms with Crippen molar-refractivity contribution in [2.75, 3.05) is 0 Å². The Bertz CT molecular complexity index is 3270. The highest BCUT2D eigenvalue weighted by Gasteiger charge is 2.19. The lowest BCUT2D eigenvalue weighted by Gasteiger charge is -2.14. The van der Waals surface area contributed by atoms with E-state index in [9.17, 15) is 0 Å². The van der Waals surface area contributed by atoms with E-state index in [0.717, 1.165) is 33.0 Å². The highest BCUT2D eigenvalue weighted by Crippen LogP contribution is 2.41. The van der Waals surface area contributed by atoms with E-state index in [0.29, 0.717) is 17.5 Å². The maximum Gasteiger partial charge on any atom is 0.165 e. The molecule has 0 unspecified atom stereocenters. The largest absolute Gasteiger partial charge is 0.208 e. The molecule has 0 fully saturated rings. The molecule has 11 rings (SSSR count). The van der Waals surface area contributed by atoms with Crippen LogP contribution in [0.25, 0.3) is 109 Å². The van der Waals surface area contributed by atoms with Crippen molar-refractivity contribution in [3.8, 4) is 56.4 Å². The van der Waals surface area contributed by atoms with Crippen LogP contribution in [0.4, 0.5) is 0 Å². The number of fused-ring (bicyclic) bond motifs is 6. The van der Waals surface area contributed by atoms with Gasteiger partial charge in [0.25, 0.3) is 0 Å². The van der Waals surface area contributed by atoms with Gasteiger partial charge in [0, 0.05) is 36.9 Å². The van der Waals surface area contributed by atoms with Crippen LogP contribution in [-0.4, -0.2) is 15.0 Å². The van der Waals surface area contributed by atoms with E-state index in [1.54, 1.807) is 11.3 Å². The number of hydrogen-bond acceptors (Lipinski definition) is 4. The average molecular weight is 718 g/mol. The van der Waals surface area contributed by atoms with Gasteiger partial charge in [-0.1, -0.05) is 164 Å². The molecule has 2 heterocycles. The first-order valence-corrected chi connectivity index (χ1v) is 19.3. The normalized spacial score (nSPS) is 11.6. The molecule has 0 N–H and O–H groups in total. The molecule has 0 amide bonds. The Labute approximate surface area is 321 Å². The van der Waals surface area contributed by atoms with Gasteiger partial charge < -0.3 is 0 Å². The van der Waals surface area contributed by atoms with E-state index < -0.39 is 0 Å². The van der Waals surface area contributed by atoms with Crippen molar-refractivity contribution in [2.45, 2.75) is 0 Å². The van der Waals surface area contributed by atoms with Crippen molar-refractivity contribution >= 4 is 63.8 Å². The van der Waals surface area contributed by atoms with Crippen LogP contribution in [-0.2, 0) is 0 Å². The monoisotopic (exact) mass is 717 g/mol. The van der Waals surface area contributed by atoms with Gasteiger partial charge in [-0.25, -0.2) is 15.0 Å². The molecule has 3 nitrogen and oxygen atoms in total. The Kier molecular flexibility index (Phi) is 7.35. The molecule has 55 heavy (non-hydrogen) atoms. The zero-order valence-electron chi connectivity index (χ0n) is 29.6. The van der Waals surface area contributed by atoms with Crippen LogP contribution in [0.5, 0.6) is 0 Å². The molecule has 0 aliphatic heterocycles. The average Bonchev–Trinajstić information content (AvgIpc) is 3.65. The molecule has 0 saturated carbocycles. The minimum Gasteiger partial charge on any atom is -0.208 e. The summed E-state index contributed by atoms with van der Waals surface area (Å²) in [4.78, 5) is 15.8. The van der Waals surface area contributed by atoms with Crippen molar-refractivity contribution in [2.24, 2.45) is 0 Å². The van der Waals surface area contributed by atoms with Crippen LogP contribution >= 0.6 is 11.3 Å². The summed E-state index contributed by atoms with van der Waals surface area (Å²) in [6.07, 6.45) is 0. The van der Waals surface area contributed by atoms with Crippen LogP contribution in [0.2, 0.25) is 0 Å². The lowest BCUT2D eigenvalue weighted by molar-refractivity contribution is 1.08. The standard InChI is InChI=1S/C51H31N3S/c1-2-13-36-31-37(28-25-32(36)11-1)33-23-26-35(27-24-33)49-52-50(54-51(53-49)46-21-10-20-44-43-18-7-8-22-47(43)55-48(44)46)45-30-29-42(40-16-5-6-17-41(40)45)39-19-9-14-34-12-3-4-15-38(34)39/h1-31H. The Morgan fingerprint density at radius 2 is 0.818 bits per heavy atom. The molecular weight excluding hydrogens is 687 g/mol. The fourth-order valence-corrected chi connectivity index (χ4v) is 9.25. The molecule has 9 aromatic carbocycles. The van der Waals surface area contributed by atoms with Crippen LogP contribution in [0.1, 0.15) is 0 Å². The fourth-order valence-electron chi connectivity index (χ4n) is 8.04. The van der Waals surface area contributed by atoms with Crippen molar-refractivity contribution in [3.05, 3.63) is 188 Å². The molecule has 11 aromatic rings. The zero-order chi connectivity index (χ0) is 36.3. The Balaban J connectivity index is 1.10. The molecule has 4 heteroatoms. The number of thiophene rings is 1. The second kappa shape index (κ2) is 12.8. The zero-order valence-corrected chi connectivity index (χ0v) is 30.5. The predicted octanol–water partition coefficient (Wildman–Crippen LogP) is 14.0. The number of nitrogens with zero attached hydrogens (tertiary/aromatic N) is 3. The number of hydrogen-bond donors (Lipinski definition) is 0. The molecule has 256 valence electrons. The Hall–Kier alpha value is -7.01. The molecule has 0 spiro atoms. The third-order valence-electron chi connectivity index (χ3n) is 10.8. The first-order chi connectivity index (χ1) is 27.2. The van der Waals surface area contributed by atoms with E-state index in [1.165, 1.54) is 58.4 Å². The van der Waals surface area contributed by atoms with Gasteiger partial charge in [-0.3, -0.25) is 0 Å². The molecule has 0 bridgehead atoms. The third-order valence-corrected chi connectivity index (χ3v) is 12.0. The summed E-state index contributed by atoms with van der Waals surface area (Å²) in [5.41, 5.74) is 7.64. The van der Waals surface area contributed by atoms with Crippen molar-refractivity contribution in [1.82, 2.24) is 15.0 Å². The summed E-state index contributed by atoms with van der Waals surface area (Å²) in [6, 6.07) is 66.9. The summed E-state index contributed by atoms with van der Waals surface area (Å²) in [5.74, 6) is 1.96. The second-order valence-electron chi connectivity index (χ2n) is 14.0. The predicted molar refractivity (Wildman–Crippen MR) is 232 cm³/mol. The van der Waals surface area contributed by atoms with Crippen LogP contribution in [0.3, 0.4) is 0 Å². The summed E-state index contributed by atoms with van der Waals surface area (Å²) in [7, 11) is 0. The van der Waals surface area contributed by atoms with E-state index in [4.69, 9.17) is 15.0 Å². The quantitative estimate of drug-likeness (QED) is 0.178. The van der Waals surface area contributed by atoms with Gasteiger partial charge in [-0.2, -0.15) is 0 Å². The van der Waals surface area contributed by atoms with Gasteiger partial charge in [0.1, 0.15) is 0 Å². The molecule has 2 aromatic heterocycles. The van der Waals surface area contributed by atoms with Crippen molar-refractivity contribution in [3.63, 3.8) is 0 Å². The van der Waals surface area contributed by atoms with Gasteiger partial charge >= 0.3 is 0 Å². The lowest BCUT2D eigenvalue weighted by Crippen LogP contribution is -2.01. The third kappa shape index (κ3) is 5.38. The molecular formula is C51H31N3S. The van der Waals surface area contributed by atoms with Gasteiger partial charge in [0.2, 0.25) is 0 Å². The molecule has 0 saturated heterocycles. The first-order valence-electron chi connectivity index (χ1n) is 18.5. The van der Waals surface area contributed by atoms with E-state index in [1.807, 2.05) is 0 Å². The minimum atomic E-state index is 0.644. The summed E-state index contributed by atoms with van der Waals surface area (Å²) in [6.45, 7) is 0. The summed E-state index contributed by atoms with van der Waals surface area (Å²) < 4.78 is 2.42. The van der Waals surface area contributed by atoms with E-state index in [-0.39, 0.29) is 0 Å². The van der Waals surface area contributed by atoms with E-state index >= 15 is 0 Å². The van der Waals surface area contributed by atoms with Crippen molar-refractivity contribution in [1.29, 1.82) is 0 Å². The van der Waals surface area contributed by atoms with E-state index in [2.05, 4.69) is 188 Å². The van der Waals surface area contributed by atoms with Gasteiger partial charge in [0.15, 0.2) is 17.5 Å². The smallest absolute Gasteiger partial charge is 0.165 e. The minimum absolute atomic E-state index is 0.644. The topological polar surface area (TPSA) is 38.7 Å². The molecule has 0 radical (unpaired) electrons. The first kappa shape index (κ1) is 31.5. The summed E-state index contributed by atoms with van der Waals surface area (Å²) in [5, 5.41) is 9.64. The van der Waals surface area contributed by atoms with Gasteiger partial charge in [0.05, 0.1) is 0 Å². The SMILES string of the molecule is c1ccc2cc(-c3ccc(-c4nc(-c5ccc(-c6cccc7ccccc67)c6ccccc56)nc(-c5cccc6c5sc5ccccc56)n4)cc3)ccc2c1. The number of rotatable bonds is 5. The van der Waals surface area contributed by atoms with Crippen LogP contribution in [0, 0.1) is 0 Å².